The van der Waals surface area contributed by atoms with Gasteiger partial charge in [0, 0.05) is 5.69 Å². The molecule has 12 heteroatoms. The number of rotatable bonds is 10. The first-order chi connectivity index (χ1) is 16.0. The smallest absolute Gasteiger partial charge is 0.355 e. The molecule has 0 atom stereocenters. The predicted molar refractivity (Wildman–Crippen MR) is 118 cm³/mol. The Hall–Kier alpha value is -4.74. The highest BCUT2D eigenvalue weighted by molar-refractivity contribution is 5.90. The van der Waals surface area contributed by atoms with Crippen LogP contribution in [0.2, 0.25) is 0 Å². The highest BCUT2D eigenvalue weighted by atomic mass is 16.6. The van der Waals surface area contributed by atoms with Gasteiger partial charge < -0.3 is 14.8 Å². The summed E-state index contributed by atoms with van der Waals surface area (Å²) in [6, 6.07) is 14.8. The number of hydrazine groups is 1. The van der Waals surface area contributed by atoms with Crippen LogP contribution in [0.4, 0.5) is 23.0 Å². The van der Waals surface area contributed by atoms with Crippen molar-refractivity contribution < 1.29 is 24.0 Å². The first kappa shape index (κ1) is 22.9. The third kappa shape index (κ3) is 6.37. The highest BCUT2D eigenvalue weighted by Crippen LogP contribution is 2.30. The van der Waals surface area contributed by atoms with E-state index in [2.05, 4.69) is 26.1 Å². The van der Waals surface area contributed by atoms with E-state index < -0.39 is 22.5 Å². The summed E-state index contributed by atoms with van der Waals surface area (Å²) in [5, 5.41) is 14.5. The topological polar surface area (TPSA) is 158 Å². The van der Waals surface area contributed by atoms with Gasteiger partial charge >= 0.3 is 11.7 Å². The fraction of sp³-hybridized carbons (Fsp3) is 0.143. The maximum Gasteiger partial charge on any atom is 0.355 e. The molecule has 0 unspecified atom stereocenters. The summed E-state index contributed by atoms with van der Waals surface area (Å²) < 4.78 is 10.2. The molecule has 3 N–H and O–H groups in total. The van der Waals surface area contributed by atoms with E-state index in [9.17, 15) is 19.7 Å². The van der Waals surface area contributed by atoms with Crippen LogP contribution in [0.25, 0.3) is 0 Å². The average molecular weight is 452 g/mol. The molecule has 33 heavy (non-hydrogen) atoms. The Morgan fingerprint density at radius 3 is 2.39 bits per heavy atom. The number of aromatic nitrogens is 2. The molecule has 0 aliphatic rings. The molecule has 1 heterocycles. The van der Waals surface area contributed by atoms with Crippen LogP contribution in [0.15, 0.2) is 60.9 Å². The lowest BCUT2D eigenvalue weighted by Crippen LogP contribution is -2.34. The minimum Gasteiger partial charge on any atom is -0.484 e. The summed E-state index contributed by atoms with van der Waals surface area (Å²) in [7, 11) is 0. The summed E-state index contributed by atoms with van der Waals surface area (Å²) in [5.41, 5.74) is 5.01. The number of benzene rings is 2. The van der Waals surface area contributed by atoms with Crippen LogP contribution in [0.1, 0.15) is 17.3 Å². The summed E-state index contributed by atoms with van der Waals surface area (Å²) in [4.78, 5) is 42.5. The molecular formula is C21H20N6O6. The number of hydrogen-bond donors (Lipinski definition) is 3. The van der Waals surface area contributed by atoms with Crippen molar-refractivity contribution in [1.29, 1.82) is 0 Å². The molecule has 3 rings (SSSR count). The van der Waals surface area contributed by atoms with Gasteiger partial charge in [-0.25, -0.2) is 14.8 Å². The average Bonchev–Trinajstić information content (AvgIpc) is 2.82. The van der Waals surface area contributed by atoms with Gasteiger partial charge in [0.1, 0.15) is 12.1 Å². The molecule has 3 aromatic rings. The predicted octanol–water partition coefficient (Wildman–Crippen LogP) is 2.83. The van der Waals surface area contributed by atoms with Gasteiger partial charge in [-0.1, -0.05) is 18.2 Å². The standard InChI is InChI=1S/C21H20N6O6/c1-2-32-21(29)14-8-10-15(11-9-14)24-19-18(27(30)31)20(23-13-22-19)26-25-17(28)12-33-16-6-4-3-5-7-16/h3-11,13H,2,12H2,1H3,(H,25,28)(H2,22,23,24,26). The molecule has 0 aliphatic carbocycles. The molecule has 0 fully saturated rings. The van der Waals surface area contributed by atoms with Crippen molar-refractivity contribution in [2.45, 2.75) is 6.92 Å². The second-order valence-corrected chi connectivity index (χ2v) is 6.37. The van der Waals surface area contributed by atoms with Crippen LogP contribution in [-0.2, 0) is 9.53 Å². The Balaban J connectivity index is 1.67. The van der Waals surface area contributed by atoms with Crippen LogP contribution in [0.3, 0.4) is 0 Å². The van der Waals surface area contributed by atoms with E-state index >= 15 is 0 Å². The van der Waals surface area contributed by atoms with E-state index in [0.29, 0.717) is 17.0 Å². The van der Waals surface area contributed by atoms with Crippen LogP contribution in [0.5, 0.6) is 5.75 Å². The zero-order valence-electron chi connectivity index (χ0n) is 17.5. The van der Waals surface area contributed by atoms with Crippen LogP contribution in [-0.4, -0.2) is 40.0 Å². The molecule has 0 saturated heterocycles. The monoisotopic (exact) mass is 452 g/mol. The molecule has 0 radical (unpaired) electrons. The van der Waals surface area contributed by atoms with Crippen molar-refractivity contribution in [2.24, 2.45) is 0 Å². The molecule has 0 spiro atoms. The van der Waals surface area contributed by atoms with Gasteiger partial charge in [0.05, 0.1) is 17.1 Å². The Morgan fingerprint density at radius 1 is 1.03 bits per heavy atom. The minimum absolute atomic E-state index is 0.115. The summed E-state index contributed by atoms with van der Waals surface area (Å²) in [5.74, 6) is -0.891. The van der Waals surface area contributed by atoms with Crippen molar-refractivity contribution in [2.75, 3.05) is 24.0 Å². The van der Waals surface area contributed by atoms with Gasteiger partial charge in [0.2, 0.25) is 11.6 Å². The lowest BCUT2D eigenvalue weighted by atomic mass is 10.2. The van der Waals surface area contributed by atoms with Gasteiger partial charge in [-0.3, -0.25) is 25.8 Å². The van der Waals surface area contributed by atoms with Crippen molar-refractivity contribution in [1.82, 2.24) is 15.4 Å². The first-order valence-electron chi connectivity index (χ1n) is 9.74. The number of nitrogens with zero attached hydrogens (tertiary/aromatic N) is 3. The lowest BCUT2D eigenvalue weighted by molar-refractivity contribution is -0.383. The first-order valence-corrected chi connectivity index (χ1v) is 9.74. The number of hydrogen-bond acceptors (Lipinski definition) is 10. The molecule has 1 aromatic heterocycles. The number of carbonyl (C=O) groups excluding carboxylic acids is 2. The maximum absolute atomic E-state index is 12.0. The highest BCUT2D eigenvalue weighted by Gasteiger charge is 2.23. The second kappa shape index (κ2) is 11.0. The molecule has 0 bridgehead atoms. The molecule has 0 aliphatic heterocycles. The van der Waals surface area contributed by atoms with Crippen molar-refractivity contribution in [3.05, 3.63) is 76.6 Å². The van der Waals surface area contributed by atoms with E-state index in [1.807, 2.05) is 6.07 Å². The molecule has 170 valence electrons. The number of anilines is 3. The van der Waals surface area contributed by atoms with Gasteiger partial charge in [-0.05, 0) is 43.3 Å². The molecule has 1 amide bonds. The third-order valence-corrected chi connectivity index (χ3v) is 4.10. The fourth-order valence-electron chi connectivity index (χ4n) is 2.61. The van der Waals surface area contributed by atoms with Crippen molar-refractivity contribution >= 4 is 34.9 Å². The van der Waals surface area contributed by atoms with E-state index in [-0.39, 0.29) is 24.8 Å². The van der Waals surface area contributed by atoms with E-state index in [1.54, 1.807) is 43.3 Å². The van der Waals surface area contributed by atoms with Gasteiger partial charge in [-0.2, -0.15) is 0 Å². The van der Waals surface area contributed by atoms with Crippen molar-refractivity contribution in [3.63, 3.8) is 0 Å². The number of esters is 1. The normalized spacial score (nSPS) is 10.1. The molecular weight excluding hydrogens is 432 g/mol. The Bertz CT molecular complexity index is 1120. The van der Waals surface area contributed by atoms with E-state index in [1.165, 1.54) is 12.1 Å². The van der Waals surface area contributed by atoms with Gasteiger partial charge in [-0.15, -0.1) is 0 Å². The summed E-state index contributed by atoms with van der Waals surface area (Å²) in [6.45, 7) is 1.64. The second-order valence-electron chi connectivity index (χ2n) is 6.37. The lowest BCUT2D eigenvalue weighted by Gasteiger charge is -2.11. The number of ether oxygens (including phenoxy) is 2. The number of amides is 1. The number of nitro groups is 1. The molecule has 12 nitrogen and oxygen atoms in total. The Kier molecular flexibility index (Phi) is 7.67. The van der Waals surface area contributed by atoms with Gasteiger partial charge in [0.25, 0.3) is 5.91 Å². The summed E-state index contributed by atoms with van der Waals surface area (Å²) >= 11 is 0. The van der Waals surface area contributed by atoms with Crippen molar-refractivity contribution in [3.8, 4) is 5.75 Å². The molecule has 2 aromatic carbocycles. The van der Waals surface area contributed by atoms with Crippen LogP contribution < -0.4 is 20.9 Å². The number of nitrogens with one attached hydrogen (secondary N) is 3. The molecule has 0 saturated carbocycles. The third-order valence-electron chi connectivity index (χ3n) is 4.10. The van der Waals surface area contributed by atoms with E-state index in [0.717, 1.165) is 6.33 Å². The van der Waals surface area contributed by atoms with Gasteiger partial charge in [0.15, 0.2) is 6.61 Å². The zero-order chi connectivity index (χ0) is 23.6. The number of para-hydroxylation sites is 1. The summed E-state index contributed by atoms with van der Waals surface area (Å²) in [6.07, 6.45) is 1.09. The Labute approximate surface area is 188 Å². The zero-order valence-corrected chi connectivity index (χ0v) is 17.5. The quantitative estimate of drug-likeness (QED) is 0.237. The van der Waals surface area contributed by atoms with Crippen LogP contribution in [0, 0.1) is 10.1 Å². The van der Waals surface area contributed by atoms with Crippen LogP contribution >= 0.6 is 0 Å². The Morgan fingerprint density at radius 2 is 1.73 bits per heavy atom. The minimum atomic E-state index is -0.690. The fourth-order valence-corrected chi connectivity index (χ4v) is 2.61. The SMILES string of the molecule is CCOC(=O)c1ccc(Nc2ncnc(NNC(=O)COc3ccccc3)c2[N+](=O)[O-])cc1. The number of carbonyl (C=O) groups is 2. The maximum atomic E-state index is 12.0. The largest absolute Gasteiger partial charge is 0.484 e. The van der Waals surface area contributed by atoms with E-state index in [4.69, 9.17) is 9.47 Å².